The van der Waals surface area contributed by atoms with Gasteiger partial charge in [0.15, 0.2) is 0 Å². The molecule has 0 aromatic rings. The fourth-order valence-corrected chi connectivity index (χ4v) is 5.10. The van der Waals surface area contributed by atoms with E-state index >= 15 is 0 Å². The zero-order chi connectivity index (χ0) is 19.5. The van der Waals surface area contributed by atoms with Crippen LogP contribution in [0.3, 0.4) is 0 Å². The van der Waals surface area contributed by atoms with Crippen molar-refractivity contribution in [2.45, 2.75) is 31.2 Å². The van der Waals surface area contributed by atoms with Crippen molar-refractivity contribution in [2.75, 3.05) is 13.2 Å². The number of hydrogen-bond donors (Lipinski definition) is 5. The van der Waals surface area contributed by atoms with Gasteiger partial charge < -0.3 is 29.4 Å². The van der Waals surface area contributed by atoms with Crippen molar-refractivity contribution in [3.8, 4) is 0 Å². The van der Waals surface area contributed by atoms with Crippen LogP contribution >= 0.6 is 23.5 Å². The lowest BCUT2D eigenvalue weighted by atomic mass is 9.98. The molecule has 5 atom stereocenters. The Morgan fingerprint density at radius 1 is 1.24 bits per heavy atom. The zero-order valence-corrected chi connectivity index (χ0v) is 15.2. The minimum absolute atomic E-state index is 0.0840. The number of ether oxygens (including phenoxy) is 1. The van der Waals surface area contributed by atoms with Crippen LogP contribution in [0.25, 0.3) is 10.4 Å². The molecule has 25 heavy (non-hydrogen) atoms. The van der Waals surface area contributed by atoms with Crippen molar-refractivity contribution in [3.63, 3.8) is 0 Å². The summed E-state index contributed by atoms with van der Waals surface area (Å²) in [6, 6.07) is 0. The summed E-state index contributed by atoms with van der Waals surface area (Å²) in [5, 5.41) is 13.2. The Morgan fingerprint density at radius 3 is 2.28 bits per heavy atom. The normalized spacial score (nSPS) is 31.8. The van der Waals surface area contributed by atoms with Crippen LogP contribution in [0.2, 0.25) is 0 Å². The van der Waals surface area contributed by atoms with Gasteiger partial charge in [-0.15, -0.1) is 0 Å². The molecule has 1 fully saturated rings. The van der Waals surface area contributed by atoms with E-state index in [1.165, 1.54) is 0 Å². The molecule has 15 nitrogen and oxygen atoms in total. The van der Waals surface area contributed by atoms with Gasteiger partial charge in [-0.3, -0.25) is 4.52 Å². The number of phosphoric acid groups is 3. The maximum atomic E-state index is 11.7. The number of aliphatic hydroxyl groups excluding tert-OH is 1. The largest absolute Gasteiger partial charge is 0.490 e. The van der Waals surface area contributed by atoms with Crippen LogP contribution in [0, 0.1) is 0 Å². The summed E-state index contributed by atoms with van der Waals surface area (Å²) in [5.41, 5.74) is 6.65. The molecular weight excluding hydrogens is 411 g/mol. The molecule has 5 N–H and O–H groups in total. The molecule has 0 radical (unpaired) electrons. The average Bonchev–Trinajstić information content (AvgIpc) is 2.65. The van der Waals surface area contributed by atoms with Gasteiger partial charge in [0, 0.05) is 11.3 Å². The van der Waals surface area contributed by atoms with E-state index in [4.69, 9.17) is 24.9 Å². The third-order valence-electron chi connectivity index (χ3n) is 2.89. The van der Waals surface area contributed by atoms with Crippen LogP contribution in [0.5, 0.6) is 0 Å². The van der Waals surface area contributed by atoms with E-state index in [-0.39, 0.29) is 6.42 Å². The van der Waals surface area contributed by atoms with Gasteiger partial charge in [0.1, 0.15) is 5.60 Å². The Labute approximate surface area is 140 Å². The standard InChI is InChI=1S/C7H16N3O12P3/c1-5-2-6(11)7(20-5,3-9-10-8)4-19-24(15,16)22-25(17,18)21-23(12,13)14/h5-6,11H,2-4H2,1H3,(H,15,16)(H,17,18)(H2,12,13,14). The number of rotatable bonds is 9. The van der Waals surface area contributed by atoms with Crippen LogP contribution in [0.15, 0.2) is 5.11 Å². The molecule has 5 unspecified atom stereocenters. The van der Waals surface area contributed by atoms with Crippen LogP contribution in [-0.2, 0) is 31.6 Å². The van der Waals surface area contributed by atoms with Crippen LogP contribution in [0.1, 0.15) is 13.3 Å². The number of hydrogen-bond acceptors (Lipinski definition) is 9. The first-order chi connectivity index (χ1) is 11.2. The number of phosphoric ester groups is 1. The second kappa shape index (κ2) is 8.12. The highest BCUT2D eigenvalue weighted by molar-refractivity contribution is 7.66. The van der Waals surface area contributed by atoms with Crippen molar-refractivity contribution < 1.29 is 56.3 Å². The molecule has 0 saturated carbocycles. The van der Waals surface area contributed by atoms with Gasteiger partial charge >= 0.3 is 23.5 Å². The Bertz CT molecular complexity index is 675. The summed E-state index contributed by atoms with van der Waals surface area (Å²) >= 11 is 0. The number of aliphatic hydroxyl groups is 1. The van der Waals surface area contributed by atoms with E-state index < -0.39 is 54.4 Å². The zero-order valence-electron chi connectivity index (χ0n) is 12.6. The minimum Gasteiger partial charge on any atom is -0.390 e. The molecule has 0 aromatic carbocycles. The lowest BCUT2D eigenvalue weighted by Gasteiger charge is -2.30. The molecule has 1 heterocycles. The molecule has 0 bridgehead atoms. The Kier molecular flexibility index (Phi) is 7.36. The van der Waals surface area contributed by atoms with Gasteiger partial charge in [0.05, 0.1) is 25.4 Å². The molecular formula is C7H16N3O12P3. The van der Waals surface area contributed by atoms with E-state index in [2.05, 4.69) is 23.2 Å². The van der Waals surface area contributed by atoms with Gasteiger partial charge in [-0.2, -0.15) is 8.62 Å². The monoisotopic (exact) mass is 427 g/mol. The number of azide groups is 1. The molecule has 0 aromatic heterocycles. The van der Waals surface area contributed by atoms with Crippen molar-refractivity contribution in [1.82, 2.24) is 0 Å². The maximum absolute atomic E-state index is 11.7. The maximum Gasteiger partial charge on any atom is 0.490 e. The molecule has 0 aliphatic carbocycles. The predicted octanol–water partition coefficient (Wildman–Crippen LogP) is 0.548. The third kappa shape index (κ3) is 7.41. The van der Waals surface area contributed by atoms with Gasteiger partial charge in [0.2, 0.25) is 0 Å². The average molecular weight is 427 g/mol. The lowest BCUT2D eigenvalue weighted by Crippen LogP contribution is -2.46. The first kappa shape index (κ1) is 22.7. The molecule has 0 spiro atoms. The van der Waals surface area contributed by atoms with E-state index in [1.54, 1.807) is 6.92 Å². The summed E-state index contributed by atoms with van der Waals surface area (Å²) in [7, 11) is -16.5. The summed E-state index contributed by atoms with van der Waals surface area (Å²) in [6.45, 7) is 0.165. The van der Waals surface area contributed by atoms with E-state index in [1.807, 2.05) is 0 Å². The van der Waals surface area contributed by atoms with Crippen molar-refractivity contribution >= 4 is 23.5 Å². The lowest BCUT2D eigenvalue weighted by molar-refractivity contribution is -0.0984. The molecule has 1 aliphatic rings. The Hall–Kier alpha value is -0.360. The van der Waals surface area contributed by atoms with Crippen LogP contribution in [-0.4, -0.2) is 55.6 Å². The SMILES string of the molecule is CC1CC(O)C(CN=[N+]=[N-])(COP(=O)(O)OP(=O)(O)OP(=O)(O)O)O1. The molecule has 1 aliphatic heterocycles. The molecule has 1 rings (SSSR count). The quantitative estimate of drug-likeness (QED) is 0.147. The van der Waals surface area contributed by atoms with Crippen LogP contribution < -0.4 is 0 Å². The van der Waals surface area contributed by atoms with Gasteiger partial charge in [0.25, 0.3) is 0 Å². The number of nitrogens with zero attached hydrogens (tertiary/aromatic N) is 3. The smallest absolute Gasteiger partial charge is 0.390 e. The topological polar surface area (TPSA) is 238 Å². The van der Waals surface area contributed by atoms with Gasteiger partial charge in [-0.25, -0.2) is 13.7 Å². The summed E-state index contributed by atoms with van der Waals surface area (Å²) in [6.07, 6.45) is -1.70. The second-order valence-corrected chi connectivity index (χ2v) is 9.42. The molecule has 18 heteroatoms. The highest BCUT2D eigenvalue weighted by atomic mass is 31.3. The molecule has 1 saturated heterocycles. The highest BCUT2D eigenvalue weighted by Gasteiger charge is 2.49. The van der Waals surface area contributed by atoms with Crippen LogP contribution in [0.4, 0.5) is 0 Å². The summed E-state index contributed by atoms with van der Waals surface area (Å²) in [5.74, 6) is 0. The van der Waals surface area contributed by atoms with Gasteiger partial charge in [-0.1, -0.05) is 5.11 Å². The van der Waals surface area contributed by atoms with E-state index in [0.717, 1.165) is 0 Å². The molecule has 0 amide bonds. The van der Waals surface area contributed by atoms with E-state index in [9.17, 15) is 23.7 Å². The Morgan fingerprint density at radius 2 is 1.84 bits per heavy atom. The first-order valence-corrected chi connectivity index (χ1v) is 10.9. The fourth-order valence-electron chi connectivity index (χ4n) is 2.02. The highest BCUT2D eigenvalue weighted by Crippen LogP contribution is 2.66. The second-order valence-electron chi connectivity index (χ2n) is 5.00. The fraction of sp³-hybridized carbons (Fsp3) is 1.00. The summed E-state index contributed by atoms with van der Waals surface area (Å²) in [4.78, 5) is 37.8. The Balaban J connectivity index is 2.84. The third-order valence-corrected chi connectivity index (χ3v) is 6.67. The van der Waals surface area contributed by atoms with Crippen molar-refractivity contribution in [3.05, 3.63) is 10.4 Å². The minimum atomic E-state index is -5.65. The van der Waals surface area contributed by atoms with Crippen molar-refractivity contribution in [1.29, 1.82) is 0 Å². The van der Waals surface area contributed by atoms with E-state index in [0.29, 0.717) is 0 Å². The van der Waals surface area contributed by atoms with Gasteiger partial charge in [-0.05, 0) is 12.5 Å². The molecule has 146 valence electrons. The van der Waals surface area contributed by atoms with Crippen molar-refractivity contribution in [2.24, 2.45) is 5.11 Å². The predicted molar refractivity (Wildman–Crippen MR) is 77.7 cm³/mol. The summed E-state index contributed by atoms with van der Waals surface area (Å²) < 4.78 is 50.3. The first-order valence-electron chi connectivity index (χ1n) is 6.35.